The lowest BCUT2D eigenvalue weighted by molar-refractivity contribution is -0.123. The number of guanidine groups is 1. The minimum atomic E-state index is 0. The smallest absolute Gasteiger partial charge is 0.222 e. The predicted octanol–water partition coefficient (Wildman–Crippen LogP) is 2.57. The molecule has 2 aromatic rings. The summed E-state index contributed by atoms with van der Waals surface area (Å²) < 4.78 is 0. The van der Waals surface area contributed by atoms with Crippen LogP contribution < -0.4 is 16.0 Å². The van der Waals surface area contributed by atoms with Gasteiger partial charge in [-0.05, 0) is 24.5 Å². The molecule has 144 valence electrons. The van der Waals surface area contributed by atoms with Gasteiger partial charge in [-0.2, -0.15) is 0 Å². The number of benzene rings is 1. The van der Waals surface area contributed by atoms with Gasteiger partial charge in [-0.15, -0.1) is 24.0 Å². The van der Waals surface area contributed by atoms with Gasteiger partial charge in [0, 0.05) is 49.7 Å². The molecule has 0 aliphatic carbocycles. The largest absolute Gasteiger partial charge is 0.361 e. The minimum absolute atomic E-state index is 0. The predicted molar refractivity (Wildman–Crippen MR) is 119 cm³/mol. The van der Waals surface area contributed by atoms with Crippen LogP contribution in [0.2, 0.25) is 0 Å². The molecule has 1 aromatic carbocycles. The molecule has 0 saturated heterocycles. The number of aromatic amines is 1. The average molecular weight is 471 g/mol. The van der Waals surface area contributed by atoms with Crippen LogP contribution in [0.25, 0.3) is 10.9 Å². The van der Waals surface area contributed by atoms with Crippen molar-refractivity contribution >= 4 is 46.7 Å². The molecule has 0 bridgehead atoms. The van der Waals surface area contributed by atoms with Crippen LogP contribution in [0.15, 0.2) is 29.4 Å². The molecule has 0 aliphatic heterocycles. The third-order valence-electron chi connectivity index (χ3n) is 4.16. The van der Waals surface area contributed by atoms with E-state index >= 15 is 0 Å². The van der Waals surface area contributed by atoms with E-state index in [1.54, 1.807) is 7.05 Å². The van der Waals surface area contributed by atoms with Gasteiger partial charge in [0.2, 0.25) is 5.91 Å². The Morgan fingerprint density at radius 2 is 1.85 bits per heavy atom. The molecule has 26 heavy (non-hydrogen) atoms. The van der Waals surface area contributed by atoms with Crippen LogP contribution in [0, 0.1) is 12.8 Å². The van der Waals surface area contributed by atoms with E-state index in [2.05, 4.69) is 57.2 Å². The minimum Gasteiger partial charge on any atom is -0.361 e. The van der Waals surface area contributed by atoms with Crippen molar-refractivity contribution in [3.63, 3.8) is 0 Å². The van der Waals surface area contributed by atoms with Gasteiger partial charge in [-0.3, -0.25) is 9.79 Å². The van der Waals surface area contributed by atoms with Gasteiger partial charge in [-0.1, -0.05) is 32.0 Å². The molecule has 0 spiro atoms. The van der Waals surface area contributed by atoms with Crippen LogP contribution in [0.4, 0.5) is 0 Å². The van der Waals surface area contributed by atoms with Crippen molar-refractivity contribution in [2.75, 3.05) is 26.7 Å². The lowest BCUT2D eigenvalue weighted by atomic mass is 10.1. The van der Waals surface area contributed by atoms with Gasteiger partial charge < -0.3 is 20.9 Å². The van der Waals surface area contributed by atoms with Gasteiger partial charge in [0.15, 0.2) is 5.96 Å². The zero-order valence-corrected chi connectivity index (χ0v) is 18.3. The summed E-state index contributed by atoms with van der Waals surface area (Å²) in [4.78, 5) is 19.1. The first-order valence-electron chi connectivity index (χ1n) is 8.80. The van der Waals surface area contributed by atoms with Crippen molar-refractivity contribution in [3.8, 4) is 0 Å². The number of fused-ring (bicyclic) bond motifs is 1. The maximum absolute atomic E-state index is 11.5. The molecule has 0 atom stereocenters. The Labute approximate surface area is 172 Å². The number of aliphatic imine (C=N–C) groups is 1. The van der Waals surface area contributed by atoms with Crippen molar-refractivity contribution in [2.45, 2.75) is 27.2 Å². The summed E-state index contributed by atoms with van der Waals surface area (Å²) in [5.41, 5.74) is 3.77. The molecule has 1 aromatic heterocycles. The fraction of sp³-hybridized carbons (Fsp3) is 0.474. The fourth-order valence-corrected chi connectivity index (χ4v) is 2.68. The van der Waals surface area contributed by atoms with E-state index in [9.17, 15) is 4.79 Å². The highest BCUT2D eigenvalue weighted by atomic mass is 127. The monoisotopic (exact) mass is 471 g/mol. The average Bonchev–Trinajstić information content (AvgIpc) is 3.01. The molecule has 7 heteroatoms. The van der Waals surface area contributed by atoms with Gasteiger partial charge in [0.05, 0.1) is 0 Å². The standard InChI is InChI=1S/C19H29N5O.HI/c1-13(2)18(25)21-10-11-23-19(20-4)22-9-8-15-12-24-17-14(3)6-5-7-16(15)17;/h5-7,12-13,24H,8-11H2,1-4H3,(H,21,25)(H2,20,22,23);1H. The number of aromatic nitrogens is 1. The number of amides is 1. The second kappa shape index (κ2) is 11.1. The Morgan fingerprint density at radius 1 is 1.15 bits per heavy atom. The normalized spacial score (nSPS) is 11.3. The summed E-state index contributed by atoms with van der Waals surface area (Å²) in [6.07, 6.45) is 2.99. The van der Waals surface area contributed by atoms with Crippen LogP contribution in [0.5, 0.6) is 0 Å². The molecule has 0 aliphatic rings. The van der Waals surface area contributed by atoms with Crippen molar-refractivity contribution in [1.82, 2.24) is 20.9 Å². The molecule has 1 heterocycles. The highest BCUT2D eigenvalue weighted by Crippen LogP contribution is 2.21. The van der Waals surface area contributed by atoms with Crippen LogP contribution in [0.3, 0.4) is 0 Å². The second-order valence-electron chi connectivity index (χ2n) is 6.43. The quantitative estimate of drug-likeness (QED) is 0.217. The van der Waals surface area contributed by atoms with E-state index < -0.39 is 0 Å². The number of halogens is 1. The number of aryl methyl sites for hydroxylation is 1. The van der Waals surface area contributed by atoms with E-state index in [0.717, 1.165) is 18.9 Å². The molecule has 0 saturated carbocycles. The van der Waals surface area contributed by atoms with Gasteiger partial charge >= 0.3 is 0 Å². The van der Waals surface area contributed by atoms with E-state index in [1.807, 2.05) is 13.8 Å². The summed E-state index contributed by atoms with van der Waals surface area (Å²) in [7, 11) is 1.75. The number of rotatable bonds is 7. The summed E-state index contributed by atoms with van der Waals surface area (Å²) >= 11 is 0. The van der Waals surface area contributed by atoms with Crippen LogP contribution in [0.1, 0.15) is 25.0 Å². The highest BCUT2D eigenvalue weighted by molar-refractivity contribution is 14.0. The maximum atomic E-state index is 11.5. The first-order valence-corrected chi connectivity index (χ1v) is 8.80. The molecular weight excluding hydrogens is 441 g/mol. The third-order valence-corrected chi connectivity index (χ3v) is 4.16. The van der Waals surface area contributed by atoms with Crippen LogP contribution >= 0.6 is 24.0 Å². The number of carbonyl (C=O) groups excluding carboxylic acids is 1. The number of nitrogens with zero attached hydrogens (tertiary/aromatic N) is 1. The maximum Gasteiger partial charge on any atom is 0.222 e. The van der Waals surface area contributed by atoms with E-state index in [-0.39, 0.29) is 35.8 Å². The highest BCUT2D eigenvalue weighted by Gasteiger charge is 2.07. The van der Waals surface area contributed by atoms with E-state index in [4.69, 9.17) is 0 Å². The molecule has 1 amide bonds. The fourth-order valence-electron chi connectivity index (χ4n) is 2.68. The second-order valence-corrected chi connectivity index (χ2v) is 6.43. The van der Waals surface area contributed by atoms with Crippen LogP contribution in [-0.2, 0) is 11.2 Å². The first kappa shape index (κ1) is 22.3. The van der Waals surface area contributed by atoms with E-state index in [1.165, 1.54) is 22.0 Å². The molecule has 0 radical (unpaired) electrons. The van der Waals surface area contributed by atoms with Crippen molar-refractivity contribution < 1.29 is 4.79 Å². The van der Waals surface area contributed by atoms with Gasteiger partial charge in [0.25, 0.3) is 0 Å². The van der Waals surface area contributed by atoms with E-state index in [0.29, 0.717) is 13.1 Å². The SMILES string of the molecule is CN=C(NCCNC(=O)C(C)C)NCCc1c[nH]c2c(C)cccc12.I. The van der Waals surface area contributed by atoms with Crippen molar-refractivity contribution in [2.24, 2.45) is 10.9 Å². The molecule has 0 unspecified atom stereocenters. The number of hydrogen-bond acceptors (Lipinski definition) is 2. The Balaban J connectivity index is 0.00000338. The number of para-hydroxylation sites is 1. The summed E-state index contributed by atoms with van der Waals surface area (Å²) in [5, 5.41) is 10.7. The third kappa shape index (κ3) is 6.19. The van der Waals surface area contributed by atoms with Crippen molar-refractivity contribution in [3.05, 3.63) is 35.5 Å². The lowest BCUT2D eigenvalue weighted by Crippen LogP contribution is -2.42. The molecular formula is C19H30IN5O. The number of H-pyrrole nitrogens is 1. The Kier molecular flexibility index (Phi) is 9.47. The van der Waals surface area contributed by atoms with Gasteiger partial charge in [0.1, 0.15) is 0 Å². The molecule has 4 N–H and O–H groups in total. The lowest BCUT2D eigenvalue weighted by Gasteiger charge is -2.13. The summed E-state index contributed by atoms with van der Waals surface area (Å²) in [5.74, 6) is 0.825. The summed E-state index contributed by atoms with van der Waals surface area (Å²) in [6.45, 7) is 7.90. The number of carbonyl (C=O) groups is 1. The Hall–Kier alpha value is -1.77. The molecule has 0 fully saturated rings. The van der Waals surface area contributed by atoms with Crippen molar-refractivity contribution in [1.29, 1.82) is 0 Å². The van der Waals surface area contributed by atoms with Gasteiger partial charge in [-0.25, -0.2) is 0 Å². The Morgan fingerprint density at radius 3 is 2.54 bits per heavy atom. The topological polar surface area (TPSA) is 81.3 Å². The molecule has 2 rings (SSSR count). The van der Waals surface area contributed by atoms with Crippen LogP contribution in [-0.4, -0.2) is 43.5 Å². The zero-order valence-electron chi connectivity index (χ0n) is 16.0. The zero-order chi connectivity index (χ0) is 18.2. The first-order chi connectivity index (χ1) is 12.0. The number of nitrogens with one attached hydrogen (secondary N) is 4. The number of hydrogen-bond donors (Lipinski definition) is 4. The Bertz CT molecular complexity index is 739. The molecule has 6 nitrogen and oxygen atoms in total. The summed E-state index contributed by atoms with van der Waals surface area (Å²) in [6, 6.07) is 6.36.